The fourth-order valence-corrected chi connectivity index (χ4v) is 2.32. The van der Waals surface area contributed by atoms with E-state index >= 15 is 0 Å². The molecule has 184 valence electrons. The number of rotatable bonds is 24. The molecule has 0 unspecified atom stereocenters. The summed E-state index contributed by atoms with van der Waals surface area (Å²) in [6, 6.07) is 0. The molecule has 0 amide bonds. The Morgan fingerprint density at radius 3 is 0.774 bits per heavy atom. The third-order valence-corrected chi connectivity index (χ3v) is 3.79. The second-order valence-electron chi connectivity index (χ2n) is 6.86. The fraction of sp³-hybridized carbons (Fsp3) is 0.909. The zero-order valence-electron chi connectivity index (χ0n) is 19.4. The highest BCUT2D eigenvalue weighted by Crippen LogP contribution is 1.94. The Morgan fingerprint density at radius 2 is 0.581 bits per heavy atom. The molecule has 0 heterocycles. The van der Waals surface area contributed by atoms with Crippen LogP contribution in [0.25, 0.3) is 0 Å². The van der Waals surface area contributed by atoms with Crippen LogP contribution >= 0.6 is 0 Å². The molecule has 0 aliphatic carbocycles. The van der Waals surface area contributed by atoms with Crippen molar-refractivity contribution < 1.29 is 42.7 Å². The molecule has 0 aliphatic rings. The van der Waals surface area contributed by atoms with Gasteiger partial charge in [0, 0.05) is 92.8 Å². The third-order valence-electron chi connectivity index (χ3n) is 3.79. The third kappa shape index (κ3) is 28.7. The molecule has 9 nitrogen and oxygen atoms in total. The Labute approximate surface area is 187 Å². The lowest BCUT2D eigenvalue weighted by molar-refractivity contribution is -0.142. The van der Waals surface area contributed by atoms with Crippen LogP contribution in [0.5, 0.6) is 0 Å². The fourth-order valence-electron chi connectivity index (χ4n) is 2.32. The maximum Gasteiger partial charge on any atom is 0.302 e. The Hall–Kier alpha value is -1.26. The van der Waals surface area contributed by atoms with Crippen LogP contribution in [0.3, 0.4) is 0 Å². The average molecular weight is 451 g/mol. The molecule has 0 N–H and O–H groups in total. The van der Waals surface area contributed by atoms with Crippen molar-refractivity contribution in [2.45, 2.75) is 52.4 Å². The van der Waals surface area contributed by atoms with E-state index < -0.39 is 0 Å². The number of carbonyl (C=O) groups excluding carboxylic acids is 2. The van der Waals surface area contributed by atoms with Gasteiger partial charge in [-0.1, -0.05) is 0 Å². The zero-order valence-corrected chi connectivity index (χ0v) is 19.4. The summed E-state index contributed by atoms with van der Waals surface area (Å²) in [5.74, 6) is -0.510. The highest BCUT2D eigenvalue weighted by molar-refractivity contribution is 5.66. The Morgan fingerprint density at radius 1 is 0.387 bits per heavy atom. The molecule has 0 atom stereocenters. The topological polar surface area (TPSA) is 98.8 Å². The first-order chi connectivity index (χ1) is 15.1. The van der Waals surface area contributed by atoms with Crippen molar-refractivity contribution in [3.8, 4) is 0 Å². The van der Waals surface area contributed by atoms with E-state index in [1.54, 1.807) is 0 Å². The first-order valence-electron chi connectivity index (χ1n) is 11.3. The lowest BCUT2D eigenvalue weighted by atomic mass is 10.4. The molecule has 0 aromatic heterocycles. The van der Waals surface area contributed by atoms with E-state index in [1.807, 2.05) is 0 Å². The van der Waals surface area contributed by atoms with Crippen molar-refractivity contribution in [2.75, 3.05) is 79.3 Å². The zero-order chi connectivity index (χ0) is 22.8. The van der Waals surface area contributed by atoms with Gasteiger partial charge in [-0.15, -0.1) is 0 Å². The van der Waals surface area contributed by atoms with Crippen LogP contribution in [0.4, 0.5) is 0 Å². The predicted molar refractivity (Wildman–Crippen MR) is 115 cm³/mol. The summed E-state index contributed by atoms with van der Waals surface area (Å²) >= 11 is 0. The maximum atomic E-state index is 10.6. The second kappa shape index (κ2) is 25.0. The quantitative estimate of drug-likeness (QED) is 0.162. The van der Waals surface area contributed by atoms with Crippen molar-refractivity contribution in [1.29, 1.82) is 0 Å². The summed E-state index contributed by atoms with van der Waals surface area (Å²) in [5, 5.41) is 0. The molecule has 0 spiro atoms. The van der Waals surface area contributed by atoms with E-state index in [0.29, 0.717) is 79.3 Å². The normalized spacial score (nSPS) is 10.9. The SMILES string of the molecule is CC(=O)OCCCOCCCOCCCOCCCOCCCOCCCOC(C)=O. The van der Waals surface area contributed by atoms with Crippen molar-refractivity contribution in [1.82, 2.24) is 0 Å². The lowest BCUT2D eigenvalue weighted by Crippen LogP contribution is -2.08. The van der Waals surface area contributed by atoms with E-state index in [9.17, 15) is 9.59 Å². The molecule has 31 heavy (non-hydrogen) atoms. The summed E-state index contributed by atoms with van der Waals surface area (Å²) in [5.41, 5.74) is 0. The second-order valence-corrected chi connectivity index (χ2v) is 6.86. The van der Waals surface area contributed by atoms with Crippen molar-refractivity contribution in [2.24, 2.45) is 0 Å². The smallest absolute Gasteiger partial charge is 0.302 e. The van der Waals surface area contributed by atoms with Gasteiger partial charge in [0.05, 0.1) is 13.2 Å². The highest BCUT2D eigenvalue weighted by atomic mass is 16.5. The molecular formula is C22H42O9. The van der Waals surface area contributed by atoms with E-state index in [-0.39, 0.29) is 11.9 Å². The monoisotopic (exact) mass is 450 g/mol. The molecule has 0 saturated carbocycles. The minimum atomic E-state index is -0.255. The van der Waals surface area contributed by atoms with Gasteiger partial charge in [-0.3, -0.25) is 9.59 Å². The summed E-state index contributed by atoms with van der Waals surface area (Å²) in [7, 11) is 0. The van der Waals surface area contributed by atoms with Gasteiger partial charge in [-0.25, -0.2) is 0 Å². The number of carbonyl (C=O) groups is 2. The van der Waals surface area contributed by atoms with Crippen molar-refractivity contribution >= 4 is 11.9 Å². The number of esters is 2. The van der Waals surface area contributed by atoms with Crippen molar-refractivity contribution in [3.05, 3.63) is 0 Å². The summed E-state index contributed by atoms with van der Waals surface area (Å²) < 4.78 is 37.1. The van der Waals surface area contributed by atoms with Gasteiger partial charge in [0.25, 0.3) is 0 Å². The van der Waals surface area contributed by atoms with Crippen LogP contribution < -0.4 is 0 Å². The van der Waals surface area contributed by atoms with Gasteiger partial charge in [-0.2, -0.15) is 0 Å². The molecule has 0 bridgehead atoms. The van der Waals surface area contributed by atoms with Crippen LogP contribution in [0, 0.1) is 0 Å². The van der Waals surface area contributed by atoms with Crippen LogP contribution in [0.1, 0.15) is 52.4 Å². The molecule has 0 rings (SSSR count). The summed E-state index contributed by atoms with van der Waals surface area (Å²) in [6.07, 6.45) is 4.89. The first kappa shape index (κ1) is 29.7. The number of ether oxygens (including phenoxy) is 7. The summed E-state index contributed by atoms with van der Waals surface area (Å²) in [4.78, 5) is 21.1. The molecule has 0 saturated heterocycles. The van der Waals surface area contributed by atoms with Crippen LogP contribution in [0.15, 0.2) is 0 Å². The van der Waals surface area contributed by atoms with Gasteiger partial charge in [0.1, 0.15) is 0 Å². The number of hydrogen-bond donors (Lipinski definition) is 0. The minimum Gasteiger partial charge on any atom is -0.466 e. The van der Waals surface area contributed by atoms with Gasteiger partial charge in [0.2, 0.25) is 0 Å². The highest BCUT2D eigenvalue weighted by Gasteiger charge is 1.96. The maximum absolute atomic E-state index is 10.6. The van der Waals surface area contributed by atoms with Gasteiger partial charge >= 0.3 is 11.9 Å². The average Bonchev–Trinajstić information content (AvgIpc) is 2.73. The lowest BCUT2D eigenvalue weighted by Gasteiger charge is -2.07. The van der Waals surface area contributed by atoms with E-state index in [4.69, 9.17) is 33.2 Å². The van der Waals surface area contributed by atoms with E-state index in [0.717, 1.165) is 38.5 Å². The minimum absolute atomic E-state index is 0.255. The molecule has 0 fully saturated rings. The van der Waals surface area contributed by atoms with Gasteiger partial charge in [0.15, 0.2) is 0 Å². The van der Waals surface area contributed by atoms with Gasteiger partial charge in [-0.05, 0) is 25.7 Å². The molecule has 0 radical (unpaired) electrons. The molecular weight excluding hydrogens is 408 g/mol. The van der Waals surface area contributed by atoms with Crippen LogP contribution in [-0.4, -0.2) is 91.2 Å². The van der Waals surface area contributed by atoms with Crippen LogP contribution in [0.2, 0.25) is 0 Å². The molecule has 9 heteroatoms. The number of hydrogen-bond acceptors (Lipinski definition) is 9. The largest absolute Gasteiger partial charge is 0.466 e. The Kier molecular flexibility index (Phi) is 24.0. The van der Waals surface area contributed by atoms with Gasteiger partial charge < -0.3 is 33.2 Å². The Bertz CT molecular complexity index is 368. The first-order valence-corrected chi connectivity index (χ1v) is 11.3. The molecule has 0 aromatic rings. The van der Waals surface area contributed by atoms with Crippen molar-refractivity contribution in [3.63, 3.8) is 0 Å². The predicted octanol–water partition coefficient (Wildman–Crippen LogP) is 2.54. The standard InChI is InChI=1S/C22H42O9/c1-21(23)30-19-7-17-28-15-5-13-26-11-3-9-25-10-4-12-27-14-6-16-29-18-8-20-31-22(2)24/h3-20H2,1-2H3. The Balaban J connectivity index is 3.02. The molecule has 0 aromatic carbocycles. The van der Waals surface area contributed by atoms with Crippen LogP contribution in [-0.2, 0) is 42.7 Å². The van der Waals surface area contributed by atoms with E-state index in [1.165, 1.54) is 13.8 Å². The van der Waals surface area contributed by atoms with E-state index in [2.05, 4.69) is 0 Å². The summed E-state index contributed by atoms with van der Waals surface area (Å²) in [6.45, 7) is 10.2. The molecule has 0 aliphatic heterocycles.